The fourth-order valence-electron chi connectivity index (χ4n) is 2.15. The van der Waals surface area contributed by atoms with Gasteiger partial charge in [-0.3, -0.25) is 4.79 Å². The standard InChI is InChI=1S/C12H17BrN2OS/c1-8-6-10(17-11(8)13)12(16)15-5-4-14(3)7-9(15)2/h6,9H,4-5,7H2,1-3H3. The summed E-state index contributed by atoms with van der Waals surface area (Å²) in [5.74, 6) is 0.171. The monoisotopic (exact) mass is 316 g/mol. The first-order chi connectivity index (χ1) is 7.99. The molecule has 0 bridgehead atoms. The van der Waals surface area contributed by atoms with E-state index in [1.165, 1.54) is 11.3 Å². The molecule has 1 aromatic rings. The van der Waals surface area contributed by atoms with E-state index in [-0.39, 0.29) is 5.91 Å². The van der Waals surface area contributed by atoms with Gasteiger partial charge in [-0.05, 0) is 48.5 Å². The van der Waals surface area contributed by atoms with Gasteiger partial charge in [-0.25, -0.2) is 0 Å². The molecular formula is C12H17BrN2OS. The van der Waals surface area contributed by atoms with Crippen molar-refractivity contribution in [3.05, 3.63) is 20.3 Å². The van der Waals surface area contributed by atoms with E-state index < -0.39 is 0 Å². The van der Waals surface area contributed by atoms with Crippen LogP contribution in [-0.4, -0.2) is 48.4 Å². The Kier molecular flexibility index (Phi) is 3.90. The Bertz CT molecular complexity index is 413. The number of carbonyl (C=O) groups excluding carboxylic acids is 1. The van der Waals surface area contributed by atoms with E-state index in [1.54, 1.807) is 0 Å². The van der Waals surface area contributed by atoms with Gasteiger partial charge in [0, 0.05) is 25.7 Å². The van der Waals surface area contributed by atoms with Crippen molar-refractivity contribution < 1.29 is 4.79 Å². The highest BCUT2D eigenvalue weighted by Crippen LogP contribution is 2.28. The van der Waals surface area contributed by atoms with Gasteiger partial charge in [-0.2, -0.15) is 0 Å². The third kappa shape index (κ3) is 2.72. The van der Waals surface area contributed by atoms with Crippen LogP contribution in [0.15, 0.2) is 9.85 Å². The van der Waals surface area contributed by atoms with Gasteiger partial charge in [0.25, 0.3) is 5.91 Å². The van der Waals surface area contributed by atoms with E-state index in [2.05, 4.69) is 34.8 Å². The summed E-state index contributed by atoms with van der Waals surface area (Å²) in [7, 11) is 2.10. The highest BCUT2D eigenvalue weighted by Gasteiger charge is 2.27. The zero-order chi connectivity index (χ0) is 12.6. The second-order valence-electron chi connectivity index (χ2n) is 4.68. The number of halogens is 1. The Morgan fingerprint density at radius 3 is 2.76 bits per heavy atom. The minimum atomic E-state index is 0.171. The molecule has 3 nitrogen and oxygen atoms in total. The van der Waals surface area contributed by atoms with Gasteiger partial charge >= 0.3 is 0 Å². The van der Waals surface area contributed by atoms with Crippen molar-refractivity contribution >= 4 is 33.2 Å². The largest absolute Gasteiger partial charge is 0.333 e. The zero-order valence-corrected chi connectivity index (χ0v) is 12.8. The summed E-state index contributed by atoms with van der Waals surface area (Å²) >= 11 is 5.00. The second-order valence-corrected chi connectivity index (χ2v) is 7.05. The molecule has 1 atom stereocenters. The fourth-order valence-corrected chi connectivity index (χ4v) is 3.64. The summed E-state index contributed by atoms with van der Waals surface area (Å²) in [4.78, 5) is 17.5. The molecule has 1 fully saturated rings. The van der Waals surface area contributed by atoms with Crippen LogP contribution in [-0.2, 0) is 0 Å². The van der Waals surface area contributed by atoms with Gasteiger partial charge in [0.15, 0.2) is 0 Å². The molecular weight excluding hydrogens is 300 g/mol. The van der Waals surface area contributed by atoms with Crippen molar-refractivity contribution in [1.82, 2.24) is 9.80 Å². The van der Waals surface area contributed by atoms with Crippen LogP contribution in [0.25, 0.3) is 0 Å². The molecule has 1 saturated heterocycles. The first kappa shape index (κ1) is 13.1. The van der Waals surface area contributed by atoms with Crippen LogP contribution < -0.4 is 0 Å². The SMILES string of the molecule is Cc1cc(C(=O)N2CCN(C)CC2C)sc1Br. The normalized spacial score (nSPS) is 21.9. The van der Waals surface area contributed by atoms with E-state index in [0.717, 1.165) is 33.9 Å². The Labute approximate surface area is 115 Å². The molecule has 17 heavy (non-hydrogen) atoms. The number of hydrogen-bond donors (Lipinski definition) is 0. The average molecular weight is 317 g/mol. The molecule has 0 saturated carbocycles. The molecule has 1 unspecified atom stereocenters. The molecule has 1 aliphatic heterocycles. The molecule has 0 radical (unpaired) electrons. The van der Waals surface area contributed by atoms with Crippen molar-refractivity contribution in [2.75, 3.05) is 26.7 Å². The van der Waals surface area contributed by atoms with Crippen molar-refractivity contribution in [3.63, 3.8) is 0 Å². The van der Waals surface area contributed by atoms with Gasteiger partial charge in [0.2, 0.25) is 0 Å². The van der Waals surface area contributed by atoms with Crippen LogP contribution in [0.1, 0.15) is 22.2 Å². The molecule has 2 heterocycles. The molecule has 5 heteroatoms. The zero-order valence-electron chi connectivity index (χ0n) is 10.4. The molecule has 0 aromatic carbocycles. The lowest BCUT2D eigenvalue weighted by molar-refractivity contribution is 0.0538. The minimum Gasteiger partial charge on any atom is -0.333 e. The van der Waals surface area contributed by atoms with Gasteiger partial charge in [0.05, 0.1) is 8.66 Å². The van der Waals surface area contributed by atoms with Crippen molar-refractivity contribution in [1.29, 1.82) is 0 Å². The lowest BCUT2D eigenvalue weighted by atomic mass is 10.2. The van der Waals surface area contributed by atoms with Crippen LogP contribution in [0.4, 0.5) is 0 Å². The summed E-state index contributed by atoms with van der Waals surface area (Å²) in [5, 5.41) is 0. The molecule has 0 spiro atoms. The fraction of sp³-hybridized carbons (Fsp3) is 0.583. The van der Waals surface area contributed by atoms with Crippen molar-refractivity contribution in [2.45, 2.75) is 19.9 Å². The molecule has 1 aliphatic rings. The number of amides is 1. The van der Waals surface area contributed by atoms with E-state index >= 15 is 0 Å². The third-order valence-electron chi connectivity index (χ3n) is 3.16. The van der Waals surface area contributed by atoms with Crippen LogP contribution in [0, 0.1) is 6.92 Å². The molecule has 0 N–H and O–H groups in total. The molecule has 1 aromatic heterocycles. The maximum absolute atomic E-state index is 12.4. The highest BCUT2D eigenvalue weighted by molar-refractivity contribution is 9.11. The lowest BCUT2D eigenvalue weighted by Crippen LogP contribution is -2.52. The quantitative estimate of drug-likeness (QED) is 0.795. The summed E-state index contributed by atoms with van der Waals surface area (Å²) in [6.07, 6.45) is 0. The van der Waals surface area contributed by atoms with Gasteiger partial charge in [0.1, 0.15) is 0 Å². The maximum atomic E-state index is 12.4. The van der Waals surface area contributed by atoms with E-state index in [0.29, 0.717) is 6.04 Å². The Hall–Kier alpha value is -0.390. The van der Waals surface area contributed by atoms with E-state index in [1.807, 2.05) is 17.9 Å². The molecule has 1 amide bonds. The highest BCUT2D eigenvalue weighted by atomic mass is 79.9. The average Bonchev–Trinajstić information content (AvgIpc) is 2.58. The first-order valence-corrected chi connectivity index (χ1v) is 7.35. The second kappa shape index (κ2) is 5.08. The Morgan fingerprint density at radius 2 is 2.24 bits per heavy atom. The van der Waals surface area contributed by atoms with Crippen LogP contribution in [0.3, 0.4) is 0 Å². The number of likely N-dealkylation sites (N-methyl/N-ethyl adjacent to an activating group) is 1. The summed E-state index contributed by atoms with van der Waals surface area (Å²) in [6.45, 7) is 6.87. The molecule has 2 rings (SSSR count). The summed E-state index contributed by atoms with van der Waals surface area (Å²) in [5.41, 5.74) is 1.14. The minimum absolute atomic E-state index is 0.171. The number of carbonyl (C=O) groups is 1. The van der Waals surface area contributed by atoms with Gasteiger partial charge in [-0.15, -0.1) is 11.3 Å². The Balaban J connectivity index is 2.14. The van der Waals surface area contributed by atoms with Crippen LogP contribution in [0.5, 0.6) is 0 Å². The van der Waals surface area contributed by atoms with Crippen molar-refractivity contribution in [2.24, 2.45) is 0 Å². The smallest absolute Gasteiger partial charge is 0.264 e. The molecule has 0 aliphatic carbocycles. The Morgan fingerprint density at radius 1 is 1.53 bits per heavy atom. The van der Waals surface area contributed by atoms with E-state index in [9.17, 15) is 4.79 Å². The van der Waals surface area contributed by atoms with Crippen LogP contribution in [0.2, 0.25) is 0 Å². The number of thiophene rings is 1. The lowest BCUT2D eigenvalue weighted by Gasteiger charge is -2.38. The predicted molar refractivity (Wildman–Crippen MR) is 74.8 cm³/mol. The summed E-state index contributed by atoms with van der Waals surface area (Å²) in [6, 6.07) is 2.27. The maximum Gasteiger partial charge on any atom is 0.264 e. The van der Waals surface area contributed by atoms with Crippen molar-refractivity contribution in [3.8, 4) is 0 Å². The summed E-state index contributed by atoms with van der Waals surface area (Å²) < 4.78 is 1.06. The predicted octanol–water partition coefficient (Wildman–Crippen LogP) is 2.60. The number of hydrogen-bond acceptors (Lipinski definition) is 3. The van der Waals surface area contributed by atoms with Gasteiger partial charge < -0.3 is 9.80 Å². The number of nitrogens with zero attached hydrogens (tertiary/aromatic N) is 2. The third-order valence-corrected chi connectivity index (χ3v) is 5.28. The number of piperazine rings is 1. The van der Waals surface area contributed by atoms with E-state index in [4.69, 9.17) is 0 Å². The first-order valence-electron chi connectivity index (χ1n) is 5.74. The number of aryl methyl sites for hydroxylation is 1. The van der Waals surface area contributed by atoms with Gasteiger partial charge in [-0.1, -0.05) is 0 Å². The number of rotatable bonds is 1. The van der Waals surface area contributed by atoms with Crippen LogP contribution >= 0.6 is 27.3 Å². The molecule has 94 valence electrons. The topological polar surface area (TPSA) is 23.6 Å².